The van der Waals surface area contributed by atoms with Crippen molar-refractivity contribution in [1.29, 1.82) is 0 Å². The Balaban J connectivity index is 1.42. The summed E-state index contributed by atoms with van der Waals surface area (Å²) in [6.07, 6.45) is 0. The fourth-order valence-corrected chi connectivity index (χ4v) is 4.01. The summed E-state index contributed by atoms with van der Waals surface area (Å²) >= 11 is 0. The number of carbonyl (C=O) groups is 2. The largest absolute Gasteiger partial charge is 0.461 e. The van der Waals surface area contributed by atoms with Crippen LogP contribution in [0.2, 0.25) is 0 Å². The highest BCUT2D eigenvalue weighted by Crippen LogP contribution is 2.28. The maximum absolute atomic E-state index is 12.9. The molecule has 0 aliphatic carbocycles. The maximum Gasteiger partial charge on any atom is 0.311 e. The Morgan fingerprint density at radius 3 is 1.41 bits per heavy atom. The second-order valence-corrected chi connectivity index (χ2v) is 8.08. The molecule has 1 saturated heterocycles. The number of rotatable bonds is 8. The average molecular weight is 430 g/mol. The van der Waals surface area contributed by atoms with Gasteiger partial charge in [-0.05, 0) is 16.7 Å². The average Bonchev–Trinajstić information content (AvgIpc) is 3.27. The van der Waals surface area contributed by atoms with E-state index in [1.54, 1.807) is 0 Å². The van der Waals surface area contributed by atoms with Crippen LogP contribution in [-0.4, -0.2) is 29.9 Å². The van der Waals surface area contributed by atoms with Gasteiger partial charge in [-0.25, -0.2) is 0 Å². The van der Waals surface area contributed by atoms with E-state index < -0.39 is 11.8 Å². The second-order valence-electron chi connectivity index (χ2n) is 8.08. The van der Waals surface area contributed by atoms with Crippen molar-refractivity contribution in [3.05, 3.63) is 108 Å². The smallest absolute Gasteiger partial charge is 0.311 e. The lowest BCUT2D eigenvalue weighted by Gasteiger charge is -2.16. The lowest BCUT2D eigenvalue weighted by Crippen LogP contribution is -2.31. The first-order chi connectivity index (χ1) is 15.7. The number of hydrogen-bond donors (Lipinski definition) is 0. The summed E-state index contributed by atoms with van der Waals surface area (Å²) in [6.45, 7) is 1.99. The van der Waals surface area contributed by atoms with E-state index in [1.807, 2.05) is 91.0 Å². The quantitative estimate of drug-likeness (QED) is 0.502. The van der Waals surface area contributed by atoms with Crippen LogP contribution < -0.4 is 0 Å². The molecular weight excluding hydrogens is 402 g/mol. The summed E-state index contributed by atoms with van der Waals surface area (Å²) in [5.74, 6) is -1.81. The first-order valence-electron chi connectivity index (χ1n) is 10.9. The van der Waals surface area contributed by atoms with E-state index in [2.05, 4.69) is 4.90 Å². The molecule has 3 aromatic rings. The van der Waals surface area contributed by atoms with Gasteiger partial charge in [0.15, 0.2) is 0 Å². The zero-order chi connectivity index (χ0) is 22.2. The maximum atomic E-state index is 12.9. The summed E-state index contributed by atoms with van der Waals surface area (Å²) in [6, 6.07) is 29.2. The molecule has 5 heteroatoms. The molecule has 0 unspecified atom stereocenters. The number of ether oxygens (including phenoxy) is 2. The molecule has 1 heterocycles. The minimum absolute atomic E-state index is 0.195. The first kappa shape index (κ1) is 21.8. The topological polar surface area (TPSA) is 55.8 Å². The molecule has 0 saturated carbocycles. The normalized spacial score (nSPS) is 18.2. The van der Waals surface area contributed by atoms with Crippen LogP contribution >= 0.6 is 0 Å². The molecule has 0 radical (unpaired) electrons. The number of hydrogen-bond acceptors (Lipinski definition) is 5. The van der Waals surface area contributed by atoms with Crippen LogP contribution in [0.4, 0.5) is 0 Å². The van der Waals surface area contributed by atoms with Crippen LogP contribution in [0.3, 0.4) is 0 Å². The van der Waals surface area contributed by atoms with E-state index in [4.69, 9.17) is 9.47 Å². The monoisotopic (exact) mass is 429 g/mol. The first-order valence-corrected chi connectivity index (χ1v) is 10.9. The SMILES string of the molecule is O=C(OCc1ccccc1)[C@H]1CN(Cc2ccccc2)C[C@@H]1C(=O)OCc1ccccc1. The molecule has 4 rings (SSSR count). The summed E-state index contributed by atoms with van der Waals surface area (Å²) in [4.78, 5) is 28.0. The predicted molar refractivity (Wildman–Crippen MR) is 121 cm³/mol. The minimum atomic E-state index is -0.550. The summed E-state index contributed by atoms with van der Waals surface area (Å²) < 4.78 is 11.2. The van der Waals surface area contributed by atoms with Crippen LogP contribution in [0.1, 0.15) is 16.7 Å². The van der Waals surface area contributed by atoms with Gasteiger partial charge in [0.25, 0.3) is 0 Å². The van der Waals surface area contributed by atoms with Gasteiger partial charge in [-0.2, -0.15) is 0 Å². The Hall–Kier alpha value is -3.44. The fourth-order valence-electron chi connectivity index (χ4n) is 4.01. The van der Waals surface area contributed by atoms with Crippen molar-refractivity contribution in [2.24, 2.45) is 11.8 Å². The Labute approximate surface area is 188 Å². The molecule has 0 bridgehead atoms. The molecule has 164 valence electrons. The van der Waals surface area contributed by atoms with Crippen LogP contribution in [0.5, 0.6) is 0 Å². The van der Waals surface area contributed by atoms with Crippen LogP contribution in [0, 0.1) is 11.8 Å². The molecule has 1 aliphatic rings. The number of benzene rings is 3. The molecular formula is C27H27NO4. The van der Waals surface area contributed by atoms with E-state index in [1.165, 1.54) is 0 Å². The van der Waals surface area contributed by atoms with Gasteiger partial charge in [0.2, 0.25) is 0 Å². The molecule has 0 spiro atoms. The van der Waals surface area contributed by atoms with E-state index >= 15 is 0 Å². The molecule has 0 amide bonds. The van der Waals surface area contributed by atoms with E-state index in [0.29, 0.717) is 19.6 Å². The van der Waals surface area contributed by atoms with Crippen molar-refractivity contribution >= 4 is 11.9 Å². The lowest BCUT2D eigenvalue weighted by molar-refractivity contribution is -0.160. The highest BCUT2D eigenvalue weighted by Gasteiger charge is 2.43. The third-order valence-electron chi connectivity index (χ3n) is 5.70. The van der Waals surface area contributed by atoms with Gasteiger partial charge in [0, 0.05) is 19.6 Å². The van der Waals surface area contributed by atoms with Crippen molar-refractivity contribution < 1.29 is 19.1 Å². The molecule has 1 aliphatic heterocycles. The number of likely N-dealkylation sites (tertiary alicyclic amines) is 1. The molecule has 1 fully saturated rings. The summed E-state index contributed by atoms with van der Waals surface area (Å²) in [7, 11) is 0. The van der Waals surface area contributed by atoms with Crippen molar-refractivity contribution in [3.63, 3.8) is 0 Å². The van der Waals surface area contributed by atoms with Crippen molar-refractivity contribution in [3.8, 4) is 0 Å². The van der Waals surface area contributed by atoms with Crippen LogP contribution in [0.25, 0.3) is 0 Å². The van der Waals surface area contributed by atoms with Gasteiger partial charge < -0.3 is 9.47 Å². The second kappa shape index (κ2) is 10.7. The molecule has 2 atom stereocenters. The zero-order valence-electron chi connectivity index (χ0n) is 17.9. The molecule has 3 aromatic carbocycles. The summed E-state index contributed by atoms with van der Waals surface area (Å²) in [5, 5.41) is 0. The Morgan fingerprint density at radius 2 is 1.00 bits per heavy atom. The zero-order valence-corrected chi connectivity index (χ0v) is 17.9. The van der Waals surface area contributed by atoms with Gasteiger partial charge in [0.1, 0.15) is 13.2 Å². The van der Waals surface area contributed by atoms with Gasteiger partial charge in [-0.3, -0.25) is 14.5 Å². The number of nitrogens with zero attached hydrogens (tertiary/aromatic N) is 1. The lowest BCUT2D eigenvalue weighted by atomic mass is 9.96. The van der Waals surface area contributed by atoms with Gasteiger partial charge in [-0.15, -0.1) is 0 Å². The number of esters is 2. The minimum Gasteiger partial charge on any atom is -0.461 e. The Kier molecular flexibility index (Phi) is 7.31. The Morgan fingerprint density at radius 1 is 0.625 bits per heavy atom. The Bertz CT molecular complexity index is 944. The summed E-state index contributed by atoms with van der Waals surface area (Å²) in [5.41, 5.74) is 2.98. The highest BCUT2D eigenvalue weighted by atomic mass is 16.5. The predicted octanol–water partition coefficient (Wildman–Crippen LogP) is 4.22. The van der Waals surface area contributed by atoms with E-state index in [0.717, 1.165) is 16.7 Å². The molecule has 5 nitrogen and oxygen atoms in total. The highest BCUT2D eigenvalue weighted by molar-refractivity contribution is 5.83. The fraction of sp³-hybridized carbons (Fsp3) is 0.259. The van der Waals surface area contributed by atoms with Gasteiger partial charge in [0.05, 0.1) is 11.8 Å². The van der Waals surface area contributed by atoms with Crippen molar-refractivity contribution in [1.82, 2.24) is 4.90 Å². The van der Waals surface area contributed by atoms with Crippen LogP contribution in [0.15, 0.2) is 91.0 Å². The van der Waals surface area contributed by atoms with E-state index in [9.17, 15) is 9.59 Å². The van der Waals surface area contributed by atoms with Gasteiger partial charge in [-0.1, -0.05) is 91.0 Å². The van der Waals surface area contributed by atoms with E-state index in [-0.39, 0.29) is 25.2 Å². The standard InChI is InChI=1S/C27H27NO4/c29-26(31-19-22-12-6-2-7-13-22)24-17-28(16-21-10-4-1-5-11-21)18-25(24)27(30)32-20-23-14-8-3-9-15-23/h1-15,24-25H,16-20H2/t24-,25-/m0/s1. The molecule has 32 heavy (non-hydrogen) atoms. The van der Waals surface area contributed by atoms with Crippen molar-refractivity contribution in [2.75, 3.05) is 13.1 Å². The third kappa shape index (κ3) is 5.83. The van der Waals surface area contributed by atoms with Crippen molar-refractivity contribution in [2.45, 2.75) is 19.8 Å². The third-order valence-corrected chi connectivity index (χ3v) is 5.70. The van der Waals surface area contributed by atoms with Gasteiger partial charge >= 0.3 is 11.9 Å². The molecule has 0 N–H and O–H groups in total. The van der Waals surface area contributed by atoms with Crippen LogP contribution in [-0.2, 0) is 38.8 Å². The number of carbonyl (C=O) groups excluding carboxylic acids is 2. The molecule has 0 aromatic heterocycles.